The lowest BCUT2D eigenvalue weighted by molar-refractivity contribution is -0.122. The van der Waals surface area contributed by atoms with Crippen LogP contribution in [-0.2, 0) is 11.3 Å². The van der Waals surface area contributed by atoms with E-state index in [-0.39, 0.29) is 5.91 Å². The minimum atomic E-state index is -0.0969. The average Bonchev–Trinajstić information content (AvgIpc) is 2.70. The number of hydrogen-bond donors (Lipinski definition) is 1. The number of rotatable bonds is 7. The highest BCUT2D eigenvalue weighted by Crippen LogP contribution is 2.24. The fourth-order valence-corrected chi connectivity index (χ4v) is 3.69. The van der Waals surface area contributed by atoms with Crippen molar-refractivity contribution < 1.29 is 9.53 Å². The van der Waals surface area contributed by atoms with Crippen LogP contribution in [0.2, 0.25) is 0 Å². The van der Waals surface area contributed by atoms with Crippen LogP contribution in [0.1, 0.15) is 11.1 Å². The third-order valence-corrected chi connectivity index (χ3v) is 5.28. The van der Waals surface area contributed by atoms with Gasteiger partial charge in [-0.2, -0.15) is 5.10 Å². The zero-order chi connectivity index (χ0) is 19.8. The minimum absolute atomic E-state index is 0.0969. The fourth-order valence-electron chi connectivity index (χ4n) is 3.13. The molecule has 1 aliphatic heterocycles. The fraction of sp³-hybridized carbons (Fsp3) is 0.333. The number of methoxy groups -OCH3 is 1. The first-order chi connectivity index (χ1) is 13.6. The van der Waals surface area contributed by atoms with Crippen molar-refractivity contribution >= 4 is 28.1 Å². The van der Waals surface area contributed by atoms with E-state index in [0.29, 0.717) is 6.54 Å². The van der Waals surface area contributed by atoms with Gasteiger partial charge in [-0.1, -0.05) is 30.3 Å². The van der Waals surface area contributed by atoms with Gasteiger partial charge in [0.15, 0.2) is 0 Å². The Morgan fingerprint density at radius 2 is 1.86 bits per heavy atom. The number of carbonyl (C=O) groups is 1. The van der Waals surface area contributed by atoms with Crippen LogP contribution in [0.5, 0.6) is 5.75 Å². The first-order valence-electron chi connectivity index (χ1n) is 9.28. The van der Waals surface area contributed by atoms with E-state index in [1.54, 1.807) is 13.3 Å². The smallest absolute Gasteiger partial charge is 0.254 e. The Balaban J connectivity index is 1.39. The molecule has 0 radical (unpaired) electrons. The molecule has 0 atom stereocenters. The summed E-state index contributed by atoms with van der Waals surface area (Å²) in [5.41, 5.74) is 4.81. The summed E-state index contributed by atoms with van der Waals surface area (Å²) in [6.45, 7) is 5.02. The van der Waals surface area contributed by atoms with E-state index in [1.807, 2.05) is 24.3 Å². The Kier molecular flexibility index (Phi) is 7.59. The molecule has 1 fully saturated rings. The lowest BCUT2D eigenvalue weighted by Crippen LogP contribution is -2.48. The molecule has 1 heterocycles. The molecule has 0 aromatic heterocycles. The average molecular weight is 445 g/mol. The second kappa shape index (κ2) is 10.4. The molecule has 2 aromatic carbocycles. The van der Waals surface area contributed by atoms with E-state index in [0.717, 1.165) is 48.5 Å². The second-order valence-corrected chi connectivity index (χ2v) is 7.58. The third kappa shape index (κ3) is 6.15. The molecular weight excluding hydrogens is 420 g/mol. The molecule has 0 spiro atoms. The van der Waals surface area contributed by atoms with E-state index in [1.165, 1.54) is 5.56 Å². The van der Waals surface area contributed by atoms with Gasteiger partial charge in [0.25, 0.3) is 5.91 Å². The minimum Gasteiger partial charge on any atom is -0.496 e. The topological polar surface area (TPSA) is 57.2 Å². The third-order valence-electron chi connectivity index (χ3n) is 4.66. The zero-order valence-corrected chi connectivity index (χ0v) is 17.6. The van der Waals surface area contributed by atoms with Gasteiger partial charge in [-0.3, -0.25) is 14.6 Å². The predicted octanol–water partition coefficient (Wildman–Crippen LogP) is 2.73. The normalized spacial score (nSPS) is 15.6. The van der Waals surface area contributed by atoms with Crippen LogP contribution >= 0.6 is 15.9 Å². The summed E-state index contributed by atoms with van der Waals surface area (Å²) in [4.78, 5) is 16.7. The summed E-state index contributed by atoms with van der Waals surface area (Å²) < 4.78 is 6.04. The molecule has 1 aliphatic rings. The van der Waals surface area contributed by atoms with Crippen molar-refractivity contribution in [2.24, 2.45) is 5.10 Å². The van der Waals surface area contributed by atoms with E-state index in [2.05, 4.69) is 60.5 Å². The van der Waals surface area contributed by atoms with Crippen molar-refractivity contribution in [3.8, 4) is 5.75 Å². The van der Waals surface area contributed by atoms with Gasteiger partial charge < -0.3 is 4.74 Å². The molecule has 6 nitrogen and oxygen atoms in total. The number of nitrogens with one attached hydrogen (secondary N) is 1. The second-order valence-electron chi connectivity index (χ2n) is 6.73. The van der Waals surface area contributed by atoms with Gasteiger partial charge in [0, 0.05) is 32.7 Å². The van der Waals surface area contributed by atoms with Crippen LogP contribution in [0.3, 0.4) is 0 Å². The Bertz CT molecular complexity index is 805. The summed E-state index contributed by atoms with van der Waals surface area (Å²) in [6, 6.07) is 16.1. The van der Waals surface area contributed by atoms with Crippen LogP contribution in [0.15, 0.2) is 58.1 Å². The Hall–Kier alpha value is -2.22. The van der Waals surface area contributed by atoms with Crippen LogP contribution < -0.4 is 10.2 Å². The van der Waals surface area contributed by atoms with Crippen molar-refractivity contribution in [2.45, 2.75) is 6.54 Å². The molecule has 0 unspecified atom stereocenters. The summed E-state index contributed by atoms with van der Waals surface area (Å²) in [7, 11) is 1.62. The number of nitrogens with zero attached hydrogens (tertiary/aromatic N) is 3. The number of carbonyl (C=O) groups excluding carboxylic acids is 1. The van der Waals surface area contributed by atoms with E-state index in [4.69, 9.17) is 4.74 Å². The Labute approximate surface area is 174 Å². The van der Waals surface area contributed by atoms with Crippen molar-refractivity contribution in [1.82, 2.24) is 15.2 Å². The molecule has 0 bridgehead atoms. The van der Waals surface area contributed by atoms with Gasteiger partial charge in [-0.25, -0.2) is 5.43 Å². The maximum absolute atomic E-state index is 12.1. The van der Waals surface area contributed by atoms with Crippen LogP contribution in [0, 0.1) is 0 Å². The molecule has 1 N–H and O–H groups in total. The van der Waals surface area contributed by atoms with Crippen LogP contribution in [0.4, 0.5) is 0 Å². The number of piperazine rings is 1. The number of halogens is 1. The summed E-state index contributed by atoms with van der Waals surface area (Å²) in [5, 5.41) is 4.05. The Morgan fingerprint density at radius 1 is 1.14 bits per heavy atom. The van der Waals surface area contributed by atoms with Crippen LogP contribution in [-0.4, -0.2) is 61.8 Å². The van der Waals surface area contributed by atoms with Crippen molar-refractivity contribution in [3.05, 3.63) is 64.1 Å². The maximum atomic E-state index is 12.1. The molecule has 1 saturated heterocycles. The van der Waals surface area contributed by atoms with E-state index in [9.17, 15) is 4.79 Å². The molecule has 0 aliphatic carbocycles. The van der Waals surface area contributed by atoms with Gasteiger partial charge in [0.1, 0.15) is 5.75 Å². The largest absolute Gasteiger partial charge is 0.496 e. The number of hydrazone groups is 1. The van der Waals surface area contributed by atoms with Gasteiger partial charge >= 0.3 is 0 Å². The number of ether oxygens (including phenoxy) is 1. The SMILES string of the molecule is COc1ccc(C=NNC(=O)CN2CCN(Cc3ccccc3)CC2)cc1Br. The molecule has 7 heteroatoms. The first-order valence-corrected chi connectivity index (χ1v) is 10.1. The van der Waals surface area contributed by atoms with Crippen molar-refractivity contribution in [2.75, 3.05) is 39.8 Å². The van der Waals surface area contributed by atoms with Gasteiger partial charge in [0.05, 0.1) is 24.3 Å². The van der Waals surface area contributed by atoms with Crippen molar-refractivity contribution in [3.63, 3.8) is 0 Å². The van der Waals surface area contributed by atoms with Crippen molar-refractivity contribution in [1.29, 1.82) is 0 Å². The lowest BCUT2D eigenvalue weighted by Gasteiger charge is -2.34. The highest BCUT2D eigenvalue weighted by molar-refractivity contribution is 9.10. The summed E-state index contributed by atoms with van der Waals surface area (Å²) >= 11 is 3.43. The van der Waals surface area contributed by atoms with E-state index >= 15 is 0 Å². The first kappa shape index (κ1) is 20.5. The number of amides is 1. The molecule has 0 saturated carbocycles. The highest BCUT2D eigenvalue weighted by atomic mass is 79.9. The number of hydrogen-bond acceptors (Lipinski definition) is 5. The molecular formula is C21H25BrN4O2. The predicted molar refractivity (Wildman–Crippen MR) is 115 cm³/mol. The maximum Gasteiger partial charge on any atom is 0.254 e. The van der Waals surface area contributed by atoms with Gasteiger partial charge in [0.2, 0.25) is 0 Å². The monoisotopic (exact) mass is 444 g/mol. The van der Waals surface area contributed by atoms with E-state index < -0.39 is 0 Å². The zero-order valence-electron chi connectivity index (χ0n) is 16.0. The quantitative estimate of drug-likeness (QED) is 0.526. The molecule has 28 heavy (non-hydrogen) atoms. The number of benzene rings is 2. The lowest BCUT2D eigenvalue weighted by atomic mass is 10.2. The molecule has 1 amide bonds. The van der Waals surface area contributed by atoms with Gasteiger partial charge in [-0.15, -0.1) is 0 Å². The summed E-state index contributed by atoms with van der Waals surface area (Å²) in [6.07, 6.45) is 1.62. The highest BCUT2D eigenvalue weighted by Gasteiger charge is 2.18. The molecule has 3 rings (SSSR count). The standard InChI is InChI=1S/C21H25BrN4O2/c1-28-20-8-7-18(13-19(20)22)14-23-24-21(27)16-26-11-9-25(10-12-26)15-17-5-3-2-4-6-17/h2-8,13-14H,9-12,15-16H2,1H3,(H,24,27). The molecule has 2 aromatic rings. The molecule has 148 valence electrons. The Morgan fingerprint density at radius 3 is 2.54 bits per heavy atom. The summed E-state index contributed by atoms with van der Waals surface area (Å²) in [5.74, 6) is 0.660. The van der Waals surface area contributed by atoms with Gasteiger partial charge in [-0.05, 0) is 45.3 Å². The van der Waals surface area contributed by atoms with Crippen LogP contribution in [0.25, 0.3) is 0 Å².